The summed E-state index contributed by atoms with van der Waals surface area (Å²) < 4.78 is 0. The Morgan fingerprint density at radius 1 is 1.00 bits per heavy atom. The van der Waals surface area contributed by atoms with Crippen LogP contribution in [0.25, 0.3) is 0 Å². The molecule has 0 bridgehead atoms. The van der Waals surface area contributed by atoms with Crippen molar-refractivity contribution in [3.8, 4) is 0 Å². The van der Waals surface area contributed by atoms with Gasteiger partial charge in [-0.3, -0.25) is 4.79 Å². The van der Waals surface area contributed by atoms with Crippen LogP contribution in [0, 0.1) is 11.8 Å². The van der Waals surface area contributed by atoms with Crippen molar-refractivity contribution in [1.29, 1.82) is 0 Å². The van der Waals surface area contributed by atoms with E-state index < -0.39 is 0 Å². The van der Waals surface area contributed by atoms with Crippen LogP contribution in [0.1, 0.15) is 64.2 Å². The zero-order valence-corrected chi connectivity index (χ0v) is 13.9. The Morgan fingerprint density at radius 2 is 1.73 bits per heavy atom. The van der Waals surface area contributed by atoms with E-state index in [1.165, 1.54) is 38.6 Å². The Labute approximate surface area is 135 Å². The van der Waals surface area contributed by atoms with Crippen LogP contribution in [0.4, 0.5) is 0 Å². The Kier molecular flexibility index (Phi) is 5.75. The summed E-state index contributed by atoms with van der Waals surface area (Å²) in [5, 5.41) is 3.26. The highest BCUT2D eigenvalue weighted by Gasteiger charge is 2.28. The van der Waals surface area contributed by atoms with E-state index in [4.69, 9.17) is 5.73 Å². The third kappa shape index (κ3) is 4.45. The molecule has 4 nitrogen and oxygen atoms in total. The minimum atomic E-state index is 0.233. The number of nitrogens with two attached hydrogens (primary N) is 1. The number of rotatable bonds is 5. The molecule has 1 amide bonds. The van der Waals surface area contributed by atoms with Crippen LogP contribution in [0.3, 0.4) is 0 Å². The van der Waals surface area contributed by atoms with E-state index in [-0.39, 0.29) is 11.9 Å². The van der Waals surface area contributed by atoms with Crippen molar-refractivity contribution in [2.45, 2.75) is 76.3 Å². The van der Waals surface area contributed by atoms with Gasteiger partial charge in [0, 0.05) is 38.1 Å². The average Bonchev–Trinajstić information content (AvgIpc) is 3.14. The highest BCUT2D eigenvalue weighted by molar-refractivity contribution is 5.76. The molecule has 0 radical (unpaired) electrons. The van der Waals surface area contributed by atoms with E-state index in [9.17, 15) is 4.79 Å². The molecule has 0 spiro atoms. The van der Waals surface area contributed by atoms with E-state index in [0.717, 1.165) is 44.7 Å². The predicted molar refractivity (Wildman–Crippen MR) is 89.5 cm³/mol. The standard InChI is InChI=1S/C18H33N3O/c19-17-7-3-6-15(17)12-18(22)20-16-8-10-21(11-9-16)13-14-4-1-2-5-14/h14-17H,1-13,19H2,(H,20,22)/t15-,17+/m0/s1. The molecule has 3 N–H and O–H groups in total. The van der Waals surface area contributed by atoms with Crippen molar-refractivity contribution in [2.24, 2.45) is 17.6 Å². The highest BCUT2D eigenvalue weighted by Crippen LogP contribution is 2.28. The molecule has 1 heterocycles. The maximum Gasteiger partial charge on any atom is 0.220 e. The van der Waals surface area contributed by atoms with Gasteiger partial charge in [0.2, 0.25) is 5.91 Å². The maximum absolute atomic E-state index is 12.2. The number of hydrogen-bond donors (Lipinski definition) is 2. The summed E-state index contributed by atoms with van der Waals surface area (Å²) in [6, 6.07) is 0.643. The van der Waals surface area contributed by atoms with Crippen LogP contribution in [0.15, 0.2) is 0 Å². The fourth-order valence-corrected chi connectivity index (χ4v) is 4.66. The average molecular weight is 307 g/mol. The van der Waals surface area contributed by atoms with Gasteiger partial charge >= 0.3 is 0 Å². The molecule has 2 aliphatic carbocycles. The number of hydrogen-bond acceptors (Lipinski definition) is 3. The predicted octanol–water partition coefficient (Wildman–Crippen LogP) is 2.27. The van der Waals surface area contributed by atoms with Crippen LogP contribution in [0.2, 0.25) is 0 Å². The first kappa shape index (κ1) is 16.3. The number of piperidine rings is 1. The van der Waals surface area contributed by atoms with E-state index in [0.29, 0.717) is 18.4 Å². The SMILES string of the molecule is N[C@@H]1CCC[C@H]1CC(=O)NC1CCN(CC2CCCC2)CC1. The van der Waals surface area contributed by atoms with Gasteiger partial charge in [-0.15, -0.1) is 0 Å². The minimum absolute atomic E-state index is 0.233. The quantitative estimate of drug-likeness (QED) is 0.819. The van der Waals surface area contributed by atoms with Crippen LogP contribution < -0.4 is 11.1 Å². The van der Waals surface area contributed by atoms with Gasteiger partial charge in [0.25, 0.3) is 0 Å². The van der Waals surface area contributed by atoms with Gasteiger partial charge in [0.1, 0.15) is 0 Å². The fourth-order valence-electron chi connectivity index (χ4n) is 4.66. The summed E-state index contributed by atoms with van der Waals surface area (Å²) in [6.07, 6.45) is 12.0. The largest absolute Gasteiger partial charge is 0.353 e. The Hall–Kier alpha value is -0.610. The first-order chi connectivity index (χ1) is 10.7. The molecule has 0 unspecified atom stereocenters. The summed E-state index contributed by atoms with van der Waals surface area (Å²) in [5.41, 5.74) is 6.07. The lowest BCUT2D eigenvalue weighted by atomic mass is 9.98. The van der Waals surface area contributed by atoms with Gasteiger partial charge in [-0.25, -0.2) is 0 Å². The molecule has 0 aromatic rings. The van der Waals surface area contributed by atoms with Crippen LogP contribution in [0.5, 0.6) is 0 Å². The summed E-state index contributed by atoms with van der Waals surface area (Å²) in [6.45, 7) is 3.60. The fraction of sp³-hybridized carbons (Fsp3) is 0.944. The monoisotopic (exact) mass is 307 g/mol. The topological polar surface area (TPSA) is 58.4 Å². The Bertz CT molecular complexity index is 359. The lowest BCUT2D eigenvalue weighted by Gasteiger charge is -2.34. The molecule has 0 aromatic heterocycles. The molecule has 4 heteroatoms. The van der Waals surface area contributed by atoms with Crippen molar-refractivity contribution in [3.63, 3.8) is 0 Å². The highest BCUT2D eigenvalue weighted by atomic mass is 16.1. The van der Waals surface area contributed by atoms with Crippen molar-refractivity contribution in [3.05, 3.63) is 0 Å². The molecular formula is C18H33N3O. The first-order valence-corrected chi connectivity index (χ1v) is 9.48. The molecule has 22 heavy (non-hydrogen) atoms. The van der Waals surface area contributed by atoms with Gasteiger partial charge in [0.15, 0.2) is 0 Å². The van der Waals surface area contributed by atoms with E-state index >= 15 is 0 Å². The van der Waals surface area contributed by atoms with Gasteiger partial charge in [-0.05, 0) is 50.4 Å². The van der Waals surface area contributed by atoms with Gasteiger partial charge in [0.05, 0.1) is 0 Å². The lowest BCUT2D eigenvalue weighted by Crippen LogP contribution is -2.46. The Balaban J connectivity index is 1.33. The van der Waals surface area contributed by atoms with Gasteiger partial charge < -0.3 is 16.0 Å². The second-order valence-corrected chi connectivity index (χ2v) is 7.85. The molecule has 3 rings (SSSR count). The number of carbonyl (C=O) groups is 1. The molecule has 126 valence electrons. The van der Waals surface area contributed by atoms with Crippen molar-refractivity contribution in [2.75, 3.05) is 19.6 Å². The third-order valence-corrected chi connectivity index (χ3v) is 6.11. The molecule has 3 fully saturated rings. The zero-order valence-electron chi connectivity index (χ0n) is 13.9. The van der Waals surface area contributed by atoms with Crippen molar-refractivity contribution in [1.82, 2.24) is 10.2 Å². The molecule has 0 aromatic carbocycles. The number of likely N-dealkylation sites (tertiary alicyclic amines) is 1. The number of carbonyl (C=O) groups excluding carboxylic acids is 1. The molecule has 1 aliphatic heterocycles. The third-order valence-electron chi connectivity index (χ3n) is 6.11. The summed E-state index contributed by atoms with van der Waals surface area (Å²) >= 11 is 0. The van der Waals surface area contributed by atoms with Crippen LogP contribution in [-0.4, -0.2) is 42.5 Å². The van der Waals surface area contributed by atoms with Gasteiger partial charge in [-0.1, -0.05) is 19.3 Å². The number of nitrogens with one attached hydrogen (secondary N) is 1. The molecule has 2 atom stereocenters. The maximum atomic E-state index is 12.2. The normalized spacial score (nSPS) is 31.7. The number of nitrogens with zero attached hydrogens (tertiary/aromatic N) is 1. The van der Waals surface area contributed by atoms with Gasteiger partial charge in [-0.2, -0.15) is 0 Å². The van der Waals surface area contributed by atoms with E-state index in [1.807, 2.05) is 0 Å². The summed E-state index contributed by atoms with van der Waals surface area (Å²) in [4.78, 5) is 14.8. The summed E-state index contributed by atoms with van der Waals surface area (Å²) in [7, 11) is 0. The van der Waals surface area contributed by atoms with Crippen LogP contribution >= 0.6 is 0 Å². The van der Waals surface area contributed by atoms with E-state index in [1.54, 1.807) is 0 Å². The van der Waals surface area contributed by atoms with Crippen molar-refractivity contribution >= 4 is 5.91 Å². The van der Waals surface area contributed by atoms with Crippen molar-refractivity contribution < 1.29 is 4.79 Å². The molecule has 1 saturated heterocycles. The smallest absolute Gasteiger partial charge is 0.220 e. The Morgan fingerprint density at radius 3 is 2.36 bits per heavy atom. The molecule has 2 saturated carbocycles. The second kappa shape index (κ2) is 7.78. The minimum Gasteiger partial charge on any atom is -0.353 e. The molecular weight excluding hydrogens is 274 g/mol. The second-order valence-electron chi connectivity index (χ2n) is 7.85. The zero-order chi connectivity index (χ0) is 15.4. The first-order valence-electron chi connectivity index (χ1n) is 9.48. The van der Waals surface area contributed by atoms with E-state index in [2.05, 4.69) is 10.2 Å². The summed E-state index contributed by atoms with van der Waals surface area (Å²) in [5.74, 6) is 1.59. The van der Waals surface area contributed by atoms with Crippen LogP contribution in [-0.2, 0) is 4.79 Å². The molecule has 3 aliphatic rings. The number of amides is 1. The lowest BCUT2D eigenvalue weighted by molar-refractivity contribution is -0.123.